The van der Waals surface area contributed by atoms with Gasteiger partial charge in [0.25, 0.3) is 0 Å². The summed E-state index contributed by atoms with van der Waals surface area (Å²) in [6, 6.07) is 0. The molecule has 7 heteroatoms. The van der Waals surface area contributed by atoms with E-state index in [0.717, 1.165) is 0 Å². The Kier molecular flexibility index (Phi) is 3.36. The Bertz CT molecular complexity index is 241. The molecular formula is C7H7F5O2. The molecule has 0 aliphatic rings. The van der Waals surface area contributed by atoms with E-state index in [4.69, 9.17) is 0 Å². The van der Waals surface area contributed by atoms with Crippen LogP contribution >= 0.6 is 0 Å². The van der Waals surface area contributed by atoms with Crippen molar-refractivity contribution in [1.82, 2.24) is 0 Å². The second kappa shape index (κ2) is 3.62. The Morgan fingerprint density at radius 2 is 1.21 bits per heavy atom. The molecular weight excluding hydrogens is 211 g/mol. The van der Waals surface area contributed by atoms with Crippen LogP contribution in [0.25, 0.3) is 0 Å². The fourth-order valence-corrected chi connectivity index (χ4v) is 0.960. The lowest BCUT2D eigenvalue weighted by molar-refractivity contribution is -0.294. The van der Waals surface area contributed by atoms with E-state index in [-0.39, 0.29) is 0 Å². The van der Waals surface area contributed by atoms with Crippen LogP contribution in [-0.4, -0.2) is 23.7 Å². The largest absolute Gasteiger partial charge is 0.454 e. The van der Waals surface area contributed by atoms with Crippen LogP contribution in [0.2, 0.25) is 0 Å². The van der Waals surface area contributed by atoms with Crippen LogP contribution in [0.5, 0.6) is 0 Å². The van der Waals surface area contributed by atoms with Crippen molar-refractivity contribution in [1.29, 1.82) is 0 Å². The maximum Gasteiger partial charge on any atom is 0.454 e. The summed E-state index contributed by atoms with van der Waals surface area (Å²) in [6.07, 6.45) is -5.89. The van der Waals surface area contributed by atoms with Gasteiger partial charge in [0.05, 0.1) is 0 Å². The van der Waals surface area contributed by atoms with Crippen molar-refractivity contribution in [3.05, 3.63) is 0 Å². The van der Waals surface area contributed by atoms with Gasteiger partial charge in [0.15, 0.2) is 0 Å². The highest BCUT2D eigenvalue weighted by Gasteiger charge is 2.65. The smallest absolute Gasteiger partial charge is 0.299 e. The Balaban J connectivity index is 5.21. The van der Waals surface area contributed by atoms with E-state index in [9.17, 15) is 31.5 Å². The molecule has 0 aromatic rings. The third kappa shape index (κ3) is 2.27. The number of hydrogen-bond acceptors (Lipinski definition) is 2. The quantitative estimate of drug-likeness (QED) is 0.536. The van der Waals surface area contributed by atoms with Gasteiger partial charge in [-0.3, -0.25) is 9.59 Å². The van der Waals surface area contributed by atoms with Crippen LogP contribution in [0.4, 0.5) is 22.0 Å². The second-order valence-corrected chi connectivity index (χ2v) is 2.78. The minimum absolute atomic E-state index is 0.520. The number of halogens is 5. The summed E-state index contributed by atoms with van der Waals surface area (Å²) in [4.78, 5) is 21.0. The molecule has 0 saturated carbocycles. The van der Waals surface area contributed by atoms with Crippen molar-refractivity contribution in [2.24, 2.45) is 5.92 Å². The van der Waals surface area contributed by atoms with E-state index < -0.39 is 29.6 Å². The maximum atomic E-state index is 12.5. The summed E-state index contributed by atoms with van der Waals surface area (Å²) in [5, 5.41) is 0. The highest BCUT2D eigenvalue weighted by atomic mass is 19.4. The van der Waals surface area contributed by atoms with Crippen molar-refractivity contribution in [2.75, 3.05) is 0 Å². The van der Waals surface area contributed by atoms with Crippen LogP contribution < -0.4 is 0 Å². The third-order valence-electron chi connectivity index (χ3n) is 1.55. The molecule has 0 aliphatic carbocycles. The topological polar surface area (TPSA) is 34.1 Å². The first-order valence-corrected chi connectivity index (χ1v) is 3.47. The molecule has 14 heavy (non-hydrogen) atoms. The molecule has 0 aromatic carbocycles. The normalized spacial score (nSPS) is 13.1. The lowest BCUT2D eigenvalue weighted by atomic mass is 9.93. The third-order valence-corrected chi connectivity index (χ3v) is 1.55. The molecule has 82 valence electrons. The number of ketones is 2. The summed E-state index contributed by atoms with van der Waals surface area (Å²) in [7, 11) is 0. The molecule has 0 spiro atoms. The van der Waals surface area contributed by atoms with Crippen LogP contribution in [-0.2, 0) is 9.59 Å². The van der Waals surface area contributed by atoms with Crippen LogP contribution in [0.15, 0.2) is 0 Å². The number of hydrogen-bond donors (Lipinski definition) is 0. The zero-order chi connectivity index (χ0) is 11.7. The van der Waals surface area contributed by atoms with E-state index in [0.29, 0.717) is 13.8 Å². The van der Waals surface area contributed by atoms with Gasteiger partial charge in [-0.2, -0.15) is 22.0 Å². The number of carbonyl (C=O) groups is 2. The maximum absolute atomic E-state index is 12.5. The monoisotopic (exact) mass is 218 g/mol. The first kappa shape index (κ1) is 13.0. The number of rotatable bonds is 3. The minimum Gasteiger partial charge on any atom is -0.299 e. The van der Waals surface area contributed by atoms with Crippen molar-refractivity contribution in [3.8, 4) is 0 Å². The molecule has 0 rings (SSSR count). The highest BCUT2D eigenvalue weighted by molar-refractivity contribution is 6.01. The Labute approximate surface area is 76.1 Å². The zero-order valence-electron chi connectivity index (χ0n) is 7.28. The molecule has 0 radical (unpaired) electrons. The summed E-state index contributed by atoms with van der Waals surface area (Å²) in [6.45, 7) is 1.04. The predicted molar refractivity (Wildman–Crippen MR) is 35.9 cm³/mol. The minimum atomic E-state index is -5.89. The SMILES string of the molecule is CC(=O)C(C(C)=O)C(F)(F)C(F)(F)F. The fourth-order valence-electron chi connectivity index (χ4n) is 0.960. The Morgan fingerprint density at radius 3 is 1.29 bits per heavy atom. The zero-order valence-corrected chi connectivity index (χ0v) is 7.28. The molecule has 0 amide bonds. The lowest BCUT2D eigenvalue weighted by Gasteiger charge is -2.24. The molecule has 0 bridgehead atoms. The number of Topliss-reactive ketones (excluding diaryl/α,β-unsaturated/α-hetero) is 2. The summed E-state index contributed by atoms with van der Waals surface area (Å²) < 4.78 is 60.3. The predicted octanol–water partition coefficient (Wildman–Crippen LogP) is 1.98. The highest BCUT2D eigenvalue weighted by Crippen LogP contribution is 2.41. The first-order valence-electron chi connectivity index (χ1n) is 3.47. The summed E-state index contributed by atoms with van der Waals surface area (Å²) in [5.41, 5.74) is 0. The number of carbonyl (C=O) groups excluding carboxylic acids is 2. The van der Waals surface area contributed by atoms with Gasteiger partial charge >= 0.3 is 12.1 Å². The number of alkyl halides is 5. The van der Waals surface area contributed by atoms with Gasteiger partial charge in [0, 0.05) is 0 Å². The van der Waals surface area contributed by atoms with E-state index in [2.05, 4.69) is 0 Å². The van der Waals surface area contributed by atoms with Gasteiger partial charge in [0.2, 0.25) is 0 Å². The van der Waals surface area contributed by atoms with Crippen molar-refractivity contribution in [3.63, 3.8) is 0 Å². The standard InChI is InChI=1S/C7H7F5O2/c1-3(13)5(4(2)14)6(8,9)7(10,11)12/h5H,1-2H3. The first-order chi connectivity index (χ1) is 6.01. The molecule has 0 aliphatic heterocycles. The summed E-state index contributed by atoms with van der Waals surface area (Å²) >= 11 is 0. The fraction of sp³-hybridized carbons (Fsp3) is 0.714. The van der Waals surface area contributed by atoms with Gasteiger partial charge in [0.1, 0.15) is 17.5 Å². The Morgan fingerprint density at radius 1 is 0.929 bits per heavy atom. The van der Waals surface area contributed by atoms with Crippen LogP contribution in [0.3, 0.4) is 0 Å². The van der Waals surface area contributed by atoms with Crippen LogP contribution in [0.1, 0.15) is 13.8 Å². The van der Waals surface area contributed by atoms with Gasteiger partial charge in [-0.15, -0.1) is 0 Å². The van der Waals surface area contributed by atoms with E-state index in [1.54, 1.807) is 0 Å². The molecule has 0 aromatic heterocycles. The second-order valence-electron chi connectivity index (χ2n) is 2.78. The Hall–Kier alpha value is -1.01. The van der Waals surface area contributed by atoms with Gasteiger partial charge < -0.3 is 0 Å². The van der Waals surface area contributed by atoms with Gasteiger partial charge in [-0.25, -0.2) is 0 Å². The van der Waals surface area contributed by atoms with Gasteiger partial charge in [-0.05, 0) is 13.8 Å². The van der Waals surface area contributed by atoms with Crippen molar-refractivity contribution in [2.45, 2.75) is 25.9 Å². The average Bonchev–Trinajstić information content (AvgIpc) is 1.79. The molecule has 0 unspecified atom stereocenters. The molecule has 2 nitrogen and oxygen atoms in total. The van der Waals surface area contributed by atoms with E-state index in [1.807, 2.05) is 0 Å². The lowest BCUT2D eigenvalue weighted by Crippen LogP contribution is -2.49. The molecule has 0 fully saturated rings. The van der Waals surface area contributed by atoms with Crippen molar-refractivity contribution >= 4 is 11.6 Å². The van der Waals surface area contributed by atoms with E-state index >= 15 is 0 Å². The van der Waals surface area contributed by atoms with Crippen LogP contribution in [0, 0.1) is 5.92 Å². The molecule has 0 heterocycles. The molecule has 0 atom stereocenters. The van der Waals surface area contributed by atoms with E-state index in [1.165, 1.54) is 0 Å². The van der Waals surface area contributed by atoms with Gasteiger partial charge in [-0.1, -0.05) is 0 Å². The summed E-state index contributed by atoms with van der Waals surface area (Å²) in [5.74, 6) is -11.2. The molecule has 0 N–H and O–H groups in total. The molecule has 0 saturated heterocycles. The average molecular weight is 218 g/mol. The van der Waals surface area contributed by atoms with Crippen molar-refractivity contribution < 1.29 is 31.5 Å².